The second kappa shape index (κ2) is 4.26. The maximum atomic E-state index is 11.7. The first-order valence-electron chi connectivity index (χ1n) is 5.14. The summed E-state index contributed by atoms with van der Waals surface area (Å²) in [5.74, 6) is -2.31. The third kappa shape index (κ3) is 1.97. The van der Waals surface area contributed by atoms with Crippen molar-refractivity contribution >= 4 is 17.6 Å². The average molecular weight is 229 g/mol. The topological polar surface area (TPSA) is 84.2 Å². The Morgan fingerprint density at radius 2 is 2.18 bits per heavy atom. The molecule has 86 valence electrons. The van der Waals surface area contributed by atoms with Crippen LogP contribution in [-0.2, 0) is 9.59 Å². The van der Waals surface area contributed by atoms with Gasteiger partial charge in [-0.2, -0.15) is 5.26 Å². The molecule has 0 bridgehead atoms. The minimum absolute atomic E-state index is 0.0674. The fraction of sp³-hybridized carbons (Fsp3) is 0.250. The molecule has 0 saturated carbocycles. The molecule has 1 amide bonds. The lowest BCUT2D eigenvalue weighted by Crippen LogP contribution is -2.33. The van der Waals surface area contributed by atoms with Crippen LogP contribution in [0.5, 0.6) is 0 Å². The molecule has 2 rings (SSSR count). The van der Waals surface area contributed by atoms with Gasteiger partial charge in [0.25, 0.3) is 0 Å². The molecular weight excluding hydrogens is 220 g/mol. The van der Waals surface area contributed by atoms with Gasteiger partial charge in [0.05, 0.1) is 11.3 Å². The van der Waals surface area contributed by atoms with Crippen molar-refractivity contribution < 1.29 is 14.7 Å². The monoisotopic (exact) mass is 229 g/mol. The van der Waals surface area contributed by atoms with E-state index in [9.17, 15) is 14.7 Å². The fourth-order valence-corrected chi connectivity index (χ4v) is 1.90. The highest BCUT2D eigenvalue weighted by Crippen LogP contribution is 2.27. The molecule has 1 aromatic rings. The number of benzene rings is 1. The summed E-state index contributed by atoms with van der Waals surface area (Å²) in [6.07, 6.45) is -0.0674. The van der Waals surface area contributed by atoms with Crippen molar-refractivity contribution in [2.24, 2.45) is 5.92 Å². The van der Waals surface area contributed by atoms with Crippen LogP contribution in [-0.4, -0.2) is 18.4 Å². The lowest BCUT2D eigenvalue weighted by Gasteiger charge is -2.18. The number of carboxylic acids is 1. The molecule has 1 fully saturated rings. The van der Waals surface area contributed by atoms with Crippen LogP contribution < -0.4 is 10.0 Å². The van der Waals surface area contributed by atoms with Crippen molar-refractivity contribution in [1.29, 1.82) is 5.26 Å². The van der Waals surface area contributed by atoms with Gasteiger partial charge in [-0.05, 0) is 12.1 Å². The number of carbonyl (C=O) groups excluding carboxylic acids is 2. The van der Waals surface area contributed by atoms with Crippen molar-refractivity contribution in [1.82, 2.24) is 0 Å². The molecular formula is C12H9N2O3-. The van der Waals surface area contributed by atoms with Gasteiger partial charge >= 0.3 is 0 Å². The summed E-state index contributed by atoms with van der Waals surface area (Å²) >= 11 is 0. The van der Waals surface area contributed by atoms with Crippen LogP contribution in [0.4, 0.5) is 5.69 Å². The van der Waals surface area contributed by atoms with Gasteiger partial charge in [-0.1, -0.05) is 12.1 Å². The van der Waals surface area contributed by atoms with E-state index in [1.54, 1.807) is 24.3 Å². The van der Waals surface area contributed by atoms with Gasteiger partial charge in [-0.3, -0.25) is 4.79 Å². The average Bonchev–Trinajstić information content (AvgIpc) is 2.71. The van der Waals surface area contributed by atoms with Gasteiger partial charge in [0.15, 0.2) is 0 Å². The van der Waals surface area contributed by atoms with Crippen molar-refractivity contribution in [3.05, 3.63) is 29.8 Å². The van der Waals surface area contributed by atoms with Crippen LogP contribution in [0, 0.1) is 17.2 Å². The maximum absolute atomic E-state index is 11.7. The smallest absolute Gasteiger partial charge is 0.227 e. The molecule has 1 aliphatic heterocycles. The number of hydrogen-bond donors (Lipinski definition) is 0. The Balaban J connectivity index is 2.33. The van der Waals surface area contributed by atoms with Crippen LogP contribution in [0.15, 0.2) is 24.3 Å². The van der Waals surface area contributed by atoms with E-state index < -0.39 is 11.9 Å². The molecule has 0 spiro atoms. The van der Waals surface area contributed by atoms with Gasteiger partial charge in [-0.25, -0.2) is 0 Å². The van der Waals surface area contributed by atoms with Gasteiger partial charge in [0, 0.05) is 24.9 Å². The van der Waals surface area contributed by atoms with Gasteiger partial charge < -0.3 is 14.8 Å². The van der Waals surface area contributed by atoms with Gasteiger partial charge in [0.2, 0.25) is 5.91 Å². The molecule has 1 aliphatic rings. The van der Waals surface area contributed by atoms with Crippen molar-refractivity contribution in [2.75, 3.05) is 11.4 Å². The molecule has 1 atom stereocenters. The quantitative estimate of drug-likeness (QED) is 0.694. The number of nitrogens with zero attached hydrogens (tertiary/aromatic N) is 2. The zero-order valence-corrected chi connectivity index (χ0v) is 8.92. The minimum Gasteiger partial charge on any atom is -0.550 e. The molecule has 17 heavy (non-hydrogen) atoms. The summed E-state index contributed by atoms with van der Waals surface area (Å²) in [7, 11) is 0. The van der Waals surface area contributed by atoms with E-state index in [0.29, 0.717) is 11.3 Å². The van der Waals surface area contributed by atoms with E-state index >= 15 is 0 Å². The fourth-order valence-electron chi connectivity index (χ4n) is 1.90. The van der Waals surface area contributed by atoms with Gasteiger partial charge in [-0.15, -0.1) is 0 Å². The Morgan fingerprint density at radius 3 is 2.76 bits per heavy atom. The summed E-state index contributed by atoms with van der Waals surface area (Å²) in [6.45, 7) is 0.0693. The van der Waals surface area contributed by atoms with E-state index in [4.69, 9.17) is 5.26 Å². The third-order valence-corrected chi connectivity index (χ3v) is 2.77. The first-order valence-corrected chi connectivity index (χ1v) is 5.14. The molecule has 0 radical (unpaired) electrons. The Hall–Kier alpha value is -2.35. The summed E-state index contributed by atoms with van der Waals surface area (Å²) in [4.78, 5) is 23.7. The van der Waals surface area contributed by atoms with Crippen LogP contribution in [0.2, 0.25) is 0 Å². The Kier molecular flexibility index (Phi) is 2.79. The Labute approximate surface area is 97.9 Å². The highest BCUT2D eigenvalue weighted by atomic mass is 16.4. The Bertz CT molecular complexity index is 519. The maximum Gasteiger partial charge on any atom is 0.227 e. The van der Waals surface area contributed by atoms with Crippen LogP contribution in [0.25, 0.3) is 0 Å². The predicted octanol–water partition coefficient (Wildman–Crippen LogP) is -0.339. The largest absolute Gasteiger partial charge is 0.550 e. The SMILES string of the molecule is N#Cc1ccccc1N1C[C@H](C(=O)[O-])CC1=O. The number of carbonyl (C=O) groups is 2. The second-order valence-corrected chi connectivity index (χ2v) is 3.85. The Morgan fingerprint density at radius 1 is 1.47 bits per heavy atom. The number of anilines is 1. The molecule has 5 nitrogen and oxygen atoms in total. The molecule has 5 heteroatoms. The predicted molar refractivity (Wildman–Crippen MR) is 56.6 cm³/mol. The highest BCUT2D eigenvalue weighted by Gasteiger charge is 2.32. The first-order chi connectivity index (χ1) is 8.13. The van der Waals surface area contributed by atoms with Crippen LogP contribution >= 0.6 is 0 Å². The number of carboxylic acid groups (broad SMARTS) is 1. The highest BCUT2D eigenvalue weighted by molar-refractivity contribution is 5.99. The van der Waals surface area contributed by atoms with E-state index in [1.165, 1.54) is 4.90 Å². The van der Waals surface area contributed by atoms with E-state index in [-0.39, 0.29) is 18.9 Å². The third-order valence-electron chi connectivity index (χ3n) is 2.77. The summed E-state index contributed by atoms with van der Waals surface area (Å²) in [5.41, 5.74) is 0.823. The molecule has 0 N–H and O–H groups in total. The zero-order valence-electron chi connectivity index (χ0n) is 8.92. The van der Waals surface area contributed by atoms with E-state index in [2.05, 4.69) is 0 Å². The number of hydrogen-bond acceptors (Lipinski definition) is 4. The summed E-state index contributed by atoms with van der Waals surface area (Å²) in [6, 6.07) is 8.60. The van der Waals surface area contributed by atoms with E-state index in [0.717, 1.165) is 0 Å². The van der Waals surface area contributed by atoms with Crippen LogP contribution in [0.3, 0.4) is 0 Å². The molecule has 1 aromatic carbocycles. The zero-order chi connectivity index (χ0) is 12.4. The number of rotatable bonds is 2. The second-order valence-electron chi connectivity index (χ2n) is 3.85. The lowest BCUT2D eigenvalue weighted by molar-refractivity contribution is -0.310. The number of aliphatic carboxylic acids is 1. The first kappa shape index (κ1) is 11.1. The van der Waals surface area contributed by atoms with Crippen molar-refractivity contribution in [3.63, 3.8) is 0 Å². The van der Waals surface area contributed by atoms with Gasteiger partial charge in [0.1, 0.15) is 6.07 Å². The molecule has 1 heterocycles. The number of para-hydroxylation sites is 1. The summed E-state index contributed by atoms with van der Waals surface area (Å²) in [5, 5.41) is 19.6. The van der Waals surface area contributed by atoms with Crippen molar-refractivity contribution in [2.45, 2.75) is 6.42 Å². The van der Waals surface area contributed by atoms with Crippen molar-refractivity contribution in [3.8, 4) is 6.07 Å². The van der Waals surface area contributed by atoms with E-state index in [1.807, 2.05) is 6.07 Å². The minimum atomic E-state index is -1.23. The summed E-state index contributed by atoms with van der Waals surface area (Å²) < 4.78 is 0. The molecule has 1 saturated heterocycles. The number of amides is 1. The standard InChI is InChI=1S/C12H10N2O3/c13-6-8-3-1-2-4-10(8)14-7-9(12(16)17)5-11(14)15/h1-4,9H,5,7H2,(H,16,17)/p-1/t9-/m1/s1. The van der Waals surface area contributed by atoms with Crippen LogP contribution in [0.1, 0.15) is 12.0 Å². The normalized spacial score (nSPS) is 19.1. The molecule has 0 aliphatic carbocycles. The molecule has 0 aromatic heterocycles. The lowest BCUT2D eigenvalue weighted by atomic mass is 10.1. The number of nitriles is 1. The molecule has 0 unspecified atom stereocenters.